The van der Waals surface area contributed by atoms with Crippen molar-refractivity contribution < 1.29 is 8.78 Å². The van der Waals surface area contributed by atoms with Crippen LogP contribution in [0.3, 0.4) is 0 Å². The molecule has 4 heteroatoms. The second-order valence-corrected chi connectivity index (χ2v) is 9.15. The van der Waals surface area contributed by atoms with Gasteiger partial charge in [-0.2, -0.15) is 5.26 Å². The van der Waals surface area contributed by atoms with Gasteiger partial charge in [-0.15, -0.1) is 0 Å². The van der Waals surface area contributed by atoms with Crippen molar-refractivity contribution in [3.8, 4) is 6.07 Å². The molecule has 0 bridgehead atoms. The summed E-state index contributed by atoms with van der Waals surface area (Å²) in [5, 5.41) is 7.32. The molecular weight excluding hydrogens is 402 g/mol. The fraction of sp³-hybridized carbons (Fsp3) is 0.536. The Hall–Kier alpha value is -2.25. The fourth-order valence-electron chi connectivity index (χ4n) is 4.88. The highest BCUT2D eigenvalue weighted by Crippen LogP contribution is 2.51. The number of nitriles is 1. The number of benzene rings is 2. The Kier molecular flexibility index (Phi) is 8.43. The Morgan fingerprint density at radius 2 is 1.44 bits per heavy atom. The summed E-state index contributed by atoms with van der Waals surface area (Å²) in [5.41, 5.74) is 1.35. The normalized spacial score (nSPS) is 18.0. The van der Waals surface area contributed by atoms with Gasteiger partial charge in [-0.25, -0.2) is 8.78 Å². The van der Waals surface area contributed by atoms with Crippen LogP contribution < -0.4 is 0 Å². The van der Waals surface area contributed by atoms with Crippen LogP contribution in [-0.4, -0.2) is 18.0 Å². The lowest BCUT2D eigenvalue weighted by Gasteiger charge is -2.40. The highest BCUT2D eigenvalue weighted by Gasteiger charge is 2.45. The number of hydrogen-bond donors (Lipinski definition) is 0. The van der Waals surface area contributed by atoms with E-state index in [2.05, 4.69) is 36.1 Å². The Morgan fingerprint density at radius 3 is 1.88 bits per heavy atom. The van der Waals surface area contributed by atoms with E-state index in [9.17, 15) is 0 Å². The Balaban J connectivity index is 0.000000913. The van der Waals surface area contributed by atoms with Crippen molar-refractivity contribution in [3.05, 3.63) is 70.8 Å². The summed E-state index contributed by atoms with van der Waals surface area (Å²) in [6.45, 7) is 6.45. The molecule has 2 nitrogen and oxygen atoms in total. The van der Waals surface area contributed by atoms with Gasteiger partial charge < -0.3 is 0 Å². The molecule has 2 fully saturated rings. The first-order valence-electron chi connectivity index (χ1n) is 12.0. The quantitative estimate of drug-likeness (QED) is 0.409. The molecule has 2 aliphatic carbocycles. The molecule has 0 aliphatic heterocycles. The van der Waals surface area contributed by atoms with Gasteiger partial charge in [-0.3, -0.25) is 4.90 Å². The summed E-state index contributed by atoms with van der Waals surface area (Å²) in [6.07, 6.45) is 5.87. The fourth-order valence-corrected chi connectivity index (χ4v) is 4.88. The second kappa shape index (κ2) is 11.1. The van der Waals surface area contributed by atoms with Crippen molar-refractivity contribution in [2.75, 3.05) is 13.1 Å². The van der Waals surface area contributed by atoms with Crippen LogP contribution in [0.5, 0.6) is 0 Å². The minimum absolute atomic E-state index is 0.581. The largest absolute Gasteiger partial charge is 0.299 e. The van der Waals surface area contributed by atoms with Gasteiger partial charge in [0, 0.05) is 13.5 Å². The van der Waals surface area contributed by atoms with Crippen molar-refractivity contribution >= 4 is 0 Å². The topological polar surface area (TPSA) is 27.0 Å². The second-order valence-electron chi connectivity index (χ2n) is 9.15. The van der Waals surface area contributed by atoms with Crippen LogP contribution in [0.1, 0.15) is 81.0 Å². The molecule has 2 saturated carbocycles. The van der Waals surface area contributed by atoms with Crippen molar-refractivity contribution in [2.45, 2.75) is 83.1 Å². The Morgan fingerprint density at radius 1 is 0.906 bits per heavy atom. The monoisotopic (exact) mass is 438 g/mol. The van der Waals surface area contributed by atoms with E-state index in [4.69, 9.17) is 5.26 Å². The number of alkyl halides is 2. The van der Waals surface area contributed by atoms with E-state index >= 15 is 8.78 Å². The van der Waals surface area contributed by atoms with E-state index < -0.39 is 11.3 Å². The molecule has 32 heavy (non-hydrogen) atoms. The first kappa shape index (κ1) is 24.4. The predicted molar refractivity (Wildman–Crippen MR) is 127 cm³/mol. The Bertz CT molecular complexity index is 857. The smallest absolute Gasteiger partial charge is 0.136 e. The van der Waals surface area contributed by atoms with Crippen LogP contribution >= 0.6 is 0 Å². The molecule has 2 aromatic carbocycles. The summed E-state index contributed by atoms with van der Waals surface area (Å²) in [7, 11) is 0. The zero-order valence-corrected chi connectivity index (χ0v) is 19.5. The molecule has 0 aromatic heterocycles. The van der Waals surface area contributed by atoms with Gasteiger partial charge in [0.1, 0.15) is 11.3 Å². The summed E-state index contributed by atoms with van der Waals surface area (Å²) < 4.78 is 30.8. The highest BCUT2D eigenvalue weighted by atomic mass is 19.1. The van der Waals surface area contributed by atoms with E-state index in [-0.39, 0.29) is 0 Å². The van der Waals surface area contributed by atoms with Gasteiger partial charge in [0.05, 0.1) is 6.07 Å². The number of rotatable bonds is 9. The standard InChI is InChI=1S/C26H33F2N.C2H3N/c1-2-29(20-21-10-4-3-5-11-21)19-7-12-22-23(25(27)15-8-16-25)13-6-14-24(22)26(28)17-9-18-26;1-2-3/h3-6,10-11,13-14H,2,7-9,12,15-20H2,1H3;1H3. The van der Waals surface area contributed by atoms with Gasteiger partial charge in [0.25, 0.3) is 0 Å². The van der Waals surface area contributed by atoms with Crippen LogP contribution in [0.25, 0.3) is 0 Å². The molecule has 0 amide bonds. The number of halogens is 2. The molecule has 4 rings (SSSR count). The van der Waals surface area contributed by atoms with Crippen LogP contribution in [-0.2, 0) is 24.3 Å². The zero-order valence-electron chi connectivity index (χ0n) is 19.5. The summed E-state index contributed by atoms with van der Waals surface area (Å²) in [4.78, 5) is 2.42. The summed E-state index contributed by atoms with van der Waals surface area (Å²) >= 11 is 0. The van der Waals surface area contributed by atoms with Gasteiger partial charge in [-0.1, -0.05) is 55.5 Å². The highest BCUT2D eigenvalue weighted by molar-refractivity contribution is 5.44. The lowest BCUT2D eigenvalue weighted by atomic mass is 9.69. The number of hydrogen-bond acceptors (Lipinski definition) is 2. The van der Waals surface area contributed by atoms with Gasteiger partial charge in [0.2, 0.25) is 0 Å². The third kappa shape index (κ3) is 5.56. The van der Waals surface area contributed by atoms with Crippen molar-refractivity contribution in [2.24, 2.45) is 0 Å². The van der Waals surface area contributed by atoms with Gasteiger partial charge in [0.15, 0.2) is 0 Å². The summed E-state index contributed by atoms with van der Waals surface area (Å²) in [5.74, 6) is 0. The minimum atomic E-state index is -1.24. The van der Waals surface area contributed by atoms with Crippen LogP contribution in [0.15, 0.2) is 48.5 Å². The lowest BCUT2D eigenvalue weighted by molar-refractivity contribution is 0.0513. The number of nitrogens with zero attached hydrogens (tertiary/aromatic N) is 2. The van der Waals surface area contributed by atoms with Crippen molar-refractivity contribution in [3.63, 3.8) is 0 Å². The maximum absolute atomic E-state index is 15.4. The first-order chi connectivity index (χ1) is 15.5. The molecule has 172 valence electrons. The molecular formula is C28H36F2N2. The average Bonchev–Trinajstić information content (AvgIpc) is 2.76. The SMILES string of the molecule is CC#N.CCN(CCCc1c(C2(F)CCC2)cccc1C1(F)CCC1)Cc1ccccc1. The third-order valence-electron chi connectivity index (χ3n) is 7.03. The minimum Gasteiger partial charge on any atom is -0.299 e. The van der Waals surface area contributed by atoms with E-state index in [1.54, 1.807) is 6.07 Å². The average molecular weight is 439 g/mol. The molecule has 0 spiro atoms. The molecule has 0 radical (unpaired) electrons. The predicted octanol–water partition coefficient (Wildman–Crippen LogP) is 7.37. The van der Waals surface area contributed by atoms with Gasteiger partial charge >= 0.3 is 0 Å². The van der Waals surface area contributed by atoms with Crippen LogP contribution in [0.4, 0.5) is 8.78 Å². The molecule has 0 atom stereocenters. The van der Waals surface area contributed by atoms with Gasteiger partial charge in [-0.05, 0) is 86.7 Å². The van der Waals surface area contributed by atoms with E-state index in [0.29, 0.717) is 25.7 Å². The maximum Gasteiger partial charge on any atom is 0.136 e. The lowest BCUT2D eigenvalue weighted by Crippen LogP contribution is -2.34. The van der Waals surface area contributed by atoms with Crippen LogP contribution in [0, 0.1) is 11.3 Å². The third-order valence-corrected chi connectivity index (χ3v) is 7.03. The van der Waals surface area contributed by atoms with E-state index in [0.717, 1.165) is 62.0 Å². The maximum atomic E-state index is 15.4. The van der Waals surface area contributed by atoms with E-state index in [1.807, 2.05) is 24.3 Å². The zero-order chi connectivity index (χ0) is 23.0. The first-order valence-corrected chi connectivity index (χ1v) is 12.0. The molecule has 0 heterocycles. The van der Waals surface area contributed by atoms with Crippen LogP contribution in [0.2, 0.25) is 0 Å². The van der Waals surface area contributed by atoms with Crippen molar-refractivity contribution in [1.82, 2.24) is 4.90 Å². The van der Waals surface area contributed by atoms with E-state index in [1.165, 1.54) is 12.5 Å². The summed E-state index contributed by atoms with van der Waals surface area (Å²) in [6, 6.07) is 18.0. The molecule has 0 saturated heterocycles. The molecule has 0 N–H and O–H groups in total. The Labute approximate surface area is 192 Å². The van der Waals surface area contributed by atoms with Crippen molar-refractivity contribution in [1.29, 1.82) is 5.26 Å². The molecule has 0 unspecified atom stereocenters. The molecule has 2 aromatic rings. The molecule has 2 aliphatic rings.